The van der Waals surface area contributed by atoms with E-state index in [1.807, 2.05) is 12.1 Å². The fraction of sp³-hybridized carbons (Fsp3) is 0.500. The van der Waals surface area contributed by atoms with E-state index >= 15 is 0 Å². The number of halogens is 1. The summed E-state index contributed by atoms with van der Waals surface area (Å²) in [5.74, 6) is 0.151. The summed E-state index contributed by atoms with van der Waals surface area (Å²) in [5, 5.41) is 7.72. The zero-order chi connectivity index (χ0) is 13.1. The van der Waals surface area contributed by atoms with Gasteiger partial charge in [0.1, 0.15) is 5.84 Å². The molecule has 1 heterocycles. The Bertz CT molecular complexity index is 445. The van der Waals surface area contributed by atoms with Gasteiger partial charge in [0.25, 0.3) is 0 Å². The maximum absolute atomic E-state index is 7.72. The molecule has 2 rings (SSSR count). The predicted octanol–water partition coefficient (Wildman–Crippen LogP) is 3.50. The lowest BCUT2D eigenvalue weighted by Gasteiger charge is -2.38. The fourth-order valence-corrected chi connectivity index (χ4v) is 3.06. The third kappa shape index (κ3) is 2.69. The first-order valence-electron chi connectivity index (χ1n) is 6.54. The van der Waals surface area contributed by atoms with E-state index in [0.29, 0.717) is 6.04 Å². The van der Waals surface area contributed by atoms with E-state index in [1.165, 1.54) is 19.3 Å². The number of rotatable bonds is 3. The highest BCUT2D eigenvalue weighted by molar-refractivity contribution is 9.10. The highest BCUT2D eigenvalue weighted by Gasteiger charge is 2.23. The van der Waals surface area contributed by atoms with E-state index in [1.54, 1.807) is 0 Å². The molecule has 1 fully saturated rings. The Labute approximate surface area is 117 Å². The van der Waals surface area contributed by atoms with Crippen molar-refractivity contribution >= 4 is 27.5 Å². The van der Waals surface area contributed by atoms with Crippen molar-refractivity contribution in [3.63, 3.8) is 0 Å². The summed E-state index contributed by atoms with van der Waals surface area (Å²) in [5.41, 5.74) is 7.65. The van der Waals surface area contributed by atoms with Crippen LogP contribution in [0.25, 0.3) is 0 Å². The van der Waals surface area contributed by atoms with Gasteiger partial charge in [-0.25, -0.2) is 0 Å². The summed E-state index contributed by atoms with van der Waals surface area (Å²) in [6.45, 7) is 3.30. The summed E-state index contributed by atoms with van der Waals surface area (Å²) >= 11 is 3.52. The lowest BCUT2D eigenvalue weighted by atomic mass is 9.98. The van der Waals surface area contributed by atoms with Crippen LogP contribution in [-0.2, 0) is 0 Å². The number of nitrogen functional groups attached to an aromatic ring is 1. The number of hydrogen-bond acceptors (Lipinski definition) is 2. The Morgan fingerprint density at radius 2 is 2.28 bits per heavy atom. The summed E-state index contributed by atoms with van der Waals surface area (Å²) in [6.07, 6.45) is 4.91. The van der Waals surface area contributed by atoms with Gasteiger partial charge in [-0.1, -0.05) is 22.9 Å². The fourth-order valence-electron chi connectivity index (χ4n) is 2.71. The molecule has 1 aromatic carbocycles. The largest absolute Gasteiger partial charge is 0.384 e. The molecular weight excluding hydrogens is 290 g/mol. The van der Waals surface area contributed by atoms with Crippen molar-refractivity contribution in [3.8, 4) is 0 Å². The Morgan fingerprint density at radius 1 is 1.50 bits per heavy atom. The van der Waals surface area contributed by atoms with Crippen molar-refractivity contribution in [2.75, 3.05) is 11.4 Å². The van der Waals surface area contributed by atoms with Crippen LogP contribution >= 0.6 is 15.9 Å². The van der Waals surface area contributed by atoms with E-state index in [4.69, 9.17) is 11.1 Å². The quantitative estimate of drug-likeness (QED) is 0.663. The number of nitrogens with two attached hydrogens (primary N) is 1. The Morgan fingerprint density at radius 3 is 2.94 bits per heavy atom. The normalized spacial score (nSPS) is 19.9. The molecule has 1 saturated heterocycles. The minimum Gasteiger partial charge on any atom is -0.384 e. The van der Waals surface area contributed by atoms with Crippen LogP contribution in [0.2, 0.25) is 0 Å². The number of nitrogens with zero attached hydrogens (tertiary/aromatic N) is 1. The monoisotopic (exact) mass is 309 g/mol. The van der Waals surface area contributed by atoms with Gasteiger partial charge < -0.3 is 10.6 Å². The van der Waals surface area contributed by atoms with Crippen LogP contribution in [0.3, 0.4) is 0 Å². The second kappa shape index (κ2) is 5.74. The zero-order valence-corrected chi connectivity index (χ0v) is 12.3. The van der Waals surface area contributed by atoms with E-state index in [2.05, 4.69) is 33.8 Å². The first kappa shape index (κ1) is 13.4. The Kier molecular flexibility index (Phi) is 4.27. The molecule has 98 valence electrons. The van der Waals surface area contributed by atoms with Gasteiger partial charge in [0.05, 0.1) is 0 Å². The van der Waals surface area contributed by atoms with Crippen molar-refractivity contribution in [3.05, 3.63) is 28.2 Å². The Hall–Kier alpha value is -1.03. The molecule has 1 aliphatic heterocycles. The molecule has 0 radical (unpaired) electrons. The van der Waals surface area contributed by atoms with Crippen LogP contribution in [0.1, 0.15) is 38.2 Å². The second-order valence-electron chi connectivity index (χ2n) is 4.83. The van der Waals surface area contributed by atoms with Crippen LogP contribution in [0.15, 0.2) is 22.7 Å². The van der Waals surface area contributed by atoms with Gasteiger partial charge in [0, 0.05) is 28.3 Å². The molecule has 1 atom stereocenters. The van der Waals surface area contributed by atoms with Gasteiger partial charge >= 0.3 is 0 Å². The third-order valence-electron chi connectivity index (χ3n) is 3.66. The van der Waals surface area contributed by atoms with Gasteiger partial charge in [0.15, 0.2) is 0 Å². The number of hydrogen-bond donors (Lipinski definition) is 2. The minimum absolute atomic E-state index is 0.151. The lowest BCUT2D eigenvalue weighted by Crippen LogP contribution is -2.40. The van der Waals surface area contributed by atoms with Gasteiger partial charge in [-0.05, 0) is 43.9 Å². The summed E-state index contributed by atoms with van der Waals surface area (Å²) in [7, 11) is 0. The topological polar surface area (TPSA) is 53.1 Å². The third-order valence-corrected chi connectivity index (χ3v) is 4.15. The number of amidine groups is 1. The van der Waals surface area contributed by atoms with Gasteiger partial charge in [-0.3, -0.25) is 5.41 Å². The van der Waals surface area contributed by atoms with Crippen LogP contribution < -0.4 is 10.6 Å². The first-order valence-corrected chi connectivity index (χ1v) is 7.33. The minimum atomic E-state index is 0.151. The summed E-state index contributed by atoms with van der Waals surface area (Å²) in [4.78, 5) is 2.42. The molecule has 1 aromatic rings. The molecule has 1 aliphatic rings. The molecule has 1 unspecified atom stereocenters. The number of anilines is 1. The molecule has 0 amide bonds. The standard InChI is InChI=1S/C14H20BrN3/c1-2-11-5-3-4-8-18(11)13-9-10(15)6-7-12(13)14(16)17/h6-7,9,11H,2-5,8H2,1H3,(H3,16,17). The van der Waals surface area contributed by atoms with E-state index < -0.39 is 0 Å². The number of nitrogens with one attached hydrogen (secondary N) is 1. The molecule has 18 heavy (non-hydrogen) atoms. The second-order valence-corrected chi connectivity index (χ2v) is 5.74. The smallest absolute Gasteiger partial charge is 0.124 e. The zero-order valence-electron chi connectivity index (χ0n) is 10.7. The van der Waals surface area contributed by atoms with Crippen molar-refractivity contribution < 1.29 is 0 Å². The molecule has 4 heteroatoms. The highest BCUT2D eigenvalue weighted by atomic mass is 79.9. The molecule has 0 bridgehead atoms. The average molecular weight is 310 g/mol. The van der Waals surface area contributed by atoms with Crippen molar-refractivity contribution in [1.29, 1.82) is 5.41 Å². The predicted molar refractivity (Wildman–Crippen MR) is 80.4 cm³/mol. The van der Waals surface area contributed by atoms with Crippen LogP contribution in [-0.4, -0.2) is 18.4 Å². The molecule has 3 nitrogen and oxygen atoms in total. The SMILES string of the molecule is CCC1CCCCN1c1cc(Br)ccc1C(=N)N. The van der Waals surface area contributed by atoms with Crippen LogP contribution in [0.5, 0.6) is 0 Å². The van der Waals surface area contributed by atoms with Crippen molar-refractivity contribution in [1.82, 2.24) is 0 Å². The maximum Gasteiger partial charge on any atom is 0.124 e. The van der Waals surface area contributed by atoms with E-state index in [0.717, 1.165) is 28.7 Å². The summed E-state index contributed by atoms with van der Waals surface area (Å²) < 4.78 is 1.04. The molecule has 0 spiro atoms. The van der Waals surface area contributed by atoms with Gasteiger partial charge in [-0.15, -0.1) is 0 Å². The molecular formula is C14H20BrN3. The van der Waals surface area contributed by atoms with Crippen molar-refractivity contribution in [2.45, 2.75) is 38.6 Å². The molecule has 0 saturated carbocycles. The summed E-state index contributed by atoms with van der Waals surface area (Å²) in [6, 6.07) is 6.55. The highest BCUT2D eigenvalue weighted by Crippen LogP contribution is 2.31. The molecule has 0 aliphatic carbocycles. The molecule has 0 aromatic heterocycles. The van der Waals surface area contributed by atoms with E-state index in [-0.39, 0.29) is 5.84 Å². The van der Waals surface area contributed by atoms with E-state index in [9.17, 15) is 0 Å². The number of piperidine rings is 1. The van der Waals surface area contributed by atoms with Crippen LogP contribution in [0, 0.1) is 5.41 Å². The van der Waals surface area contributed by atoms with Crippen LogP contribution in [0.4, 0.5) is 5.69 Å². The van der Waals surface area contributed by atoms with Crippen molar-refractivity contribution in [2.24, 2.45) is 5.73 Å². The number of benzene rings is 1. The Balaban J connectivity index is 2.41. The van der Waals surface area contributed by atoms with Gasteiger partial charge in [0.2, 0.25) is 0 Å². The van der Waals surface area contributed by atoms with Gasteiger partial charge in [-0.2, -0.15) is 0 Å². The maximum atomic E-state index is 7.72. The molecule has 3 N–H and O–H groups in total. The average Bonchev–Trinajstić information content (AvgIpc) is 2.38. The lowest BCUT2D eigenvalue weighted by molar-refractivity contribution is 0.450. The first-order chi connectivity index (χ1) is 8.63.